The van der Waals surface area contributed by atoms with E-state index in [1.165, 1.54) is 11.4 Å². The second kappa shape index (κ2) is 6.99. The summed E-state index contributed by atoms with van der Waals surface area (Å²) < 4.78 is 37.2. The third-order valence-electron chi connectivity index (χ3n) is 3.60. The number of halogens is 1. The van der Waals surface area contributed by atoms with Crippen LogP contribution in [0.3, 0.4) is 0 Å². The Morgan fingerprint density at radius 2 is 2.00 bits per heavy atom. The molecule has 0 aromatic carbocycles. The highest BCUT2D eigenvalue weighted by Crippen LogP contribution is 2.31. The van der Waals surface area contributed by atoms with Gasteiger partial charge in [-0.2, -0.15) is 4.31 Å². The number of hydrogen-bond acceptors (Lipinski definition) is 6. The zero-order valence-electron chi connectivity index (χ0n) is 13.0. The van der Waals surface area contributed by atoms with E-state index in [-0.39, 0.29) is 40.4 Å². The van der Waals surface area contributed by atoms with Gasteiger partial charge in [0.05, 0.1) is 7.11 Å². The van der Waals surface area contributed by atoms with Crippen molar-refractivity contribution in [1.29, 1.82) is 0 Å². The molecule has 126 valence electrons. The van der Waals surface area contributed by atoms with Gasteiger partial charge in [-0.1, -0.05) is 0 Å². The monoisotopic (exact) mass is 352 g/mol. The number of nitrogens with zero attached hydrogens (tertiary/aromatic N) is 1. The Kier molecular flexibility index (Phi) is 6.03. The maximum absolute atomic E-state index is 12.9. The molecular formula is C13H21ClN2O5S. The number of esters is 1. The average molecular weight is 353 g/mol. The van der Waals surface area contributed by atoms with E-state index in [4.69, 9.17) is 4.42 Å². The number of rotatable bonds is 3. The Bertz CT molecular complexity index is 656. The number of methoxy groups -OCH3 is 1. The summed E-state index contributed by atoms with van der Waals surface area (Å²) in [5.74, 6) is -0.245. The summed E-state index contributed by atoms with van der Waals surface area (Å²) >= 11 is 0. The summed E-state index contributed by atoms with van der Waals surface area (Å²) in [6.07, 6.45) is 0. The molecular weight excluding hydrogens is 332 g/mol. The highest BCUT2D eigenvalue weighted by molar-refractivity contribution is 7.89. The van der Waals surface area contributed by atoms with Crippen molar-refractivity contribution in [2.45, 2.75) is 31.7 Å². The summed E-state index contributed by atoms with van der Waals surface area (Å²) in [6, 6.07) is -0.191. The van der Waals surface area contributed by atoms with Gasteiger partial charge < -0.3 is 14.5 Å². The number of aryl methyl sites for hydroxylation is 2. The molecule has 9 heteroatoms. The standard InChI is InChI=1S/C13H20N2O5S.ClH/c1-8-7-14-5-6-15(8)21(17,18)12-10(3)20-9(2)11(12)13(16)19-4;/h8,14H,5-7H2,1-4H3;1H/t8-;/m1./s1. The first-order valence-corrected chi connectivity index (χ1v) is 8.15. The SMILES string of the molecule is COC(=O)c1c(C)oc(C)c1S(=O)(=O)N1CCNC[C@H]1C.Cl. The molecule has 2 rings (SSSR count). The van der Waals surface area contributed by atoms with Gasteiger partial charge in [0.1, 0.15) is 22.0 Å². The quantitative estimate of drug-likeness (QED) is 0.819. The van der Waals surface area contributed by atoms with Crippen molar-refractivity contribution in [2.75, 3.05) is 26.7 Å². The van der Waals surface area contributed by atoms with Gasteiger partial charge in [-0.15, -0.1) is 12.4 Å². The second-order valence-corrected chi connectivity index (χ2v) is 6.91. The summed E-state index contributed by atoms with van der Waals surface area (Å²) in [7, 11) is -2.59. The van der Waals surface area contributed by atoms with Gasteiger partial charge in [0.2, 0.25) is 10.0 Å². The zero-order valence-corrected chi connectivity index (χ0v) is 14.6. The van der Waals surface area contributed by atoms with Crippen LogP contribution < -0.4 is 5.32 Å². The van der Waals surface area contributed by atoms with Crippen LogP contribution in [-0.2, 0) is 14.8 Å². The lowest BCUT2D eigenvalue weighted by Crippen LogP contribution is -2.52. The third kappa shape index (κ3) is 3.15. The first kappa shape index (κ1) is 19.0. The van der Waals surface area contributed by atoms with E-state index >= 15 is 0 Å². The molecule has 1 saturated heterocycles. The molecule has 1 aliphatic heterocycles. The maximum Gasteiger partial charge on any atom is 0.342 e. The molecule has 0 amide bonds. The first-order valence-electron chi connectivity index (χ1n) is 6.71. The number of furan rings is 1. The summed E-state index contributed by atoms with van der Waals surface area (Å²) in [6.45, 7) is 6.42. The molecule has 0 spiro atoms. The van der Waals surface area contributed by atoms with Crippen molar-refractivity contribution in [3.8, 4) is 0 Å². The van der Waals surface area contributed by atoms with E-state index in [1.54, 1.807) is 13.8 Å². The Hall–Kier alpha value is -1.09. The maximum atomic E-state index is 12.9. The molecule has 1 N–H and O–H groups in total. The lowest BCUT2D eigenvalue weighted by Gasteiger charge is -2.32. The van der Waals surface area contributed by atoms with E-state index in [9.17, 15) is 13.2 Å². The van der Waals surface area contributed by atoms with Gasteiger partial charge in [-0.3, -0.25) is 0 Å². The number of piperazine rings is 1. The predicted octanol–water partition coefficient (Wildman–Crippen LogP) is 1.09. The fraction of sp³-hybridized carbons (Fsp3) is 0.615. The van der Waals surface area contributed by atoms with Crippen LogP contribution in [0.15, 0.2) is 9.31 Å². The van der Waals surface area contributed by atoms with E-state index in [0.717, 1.165) is 0 Å². The number of nitrogens with one attached hydrogen (secondary N) is 1. The fourth-order valence-electron chi connectivity index (χ4n) is 2.61. The van der Waals surface area contributed by atoms with E-state index in [2.05, 4.69) is 10.1 Å². The molecule has 0 unspecified atom stereocenters. The lowest BCUT2D eigenvalue weighted by atomic mass is 10.2. The Morgan fingerprint density at radius 1 is 1.36 bits per heavy atom. The lowest BCUT2D eigenvalue weighted by molar-refractivity contribution is 0.0594. The molecule has 1 aromatic heterocycles. The minimum absolute atomic E-state index is 0. The van der Waals surface area contributed by atoms with E-state index in [0.29, 0.717) is 19.6 Å². The number of sulfonamides is 1. The largest absolute Gasteiger partial charge is 0.465 e. The molecule has 0 bridgehead atoms. The summed E-state index contributed by atoms with van der Waals surface area (Å²) in [4.78, 5) is 11.8. The Balaban J connectivity index is 0.00000242. The van der Waals surface area contributed by atoms with Gasteiger partial charge in [0, 0.05) is 25.7 Å². The molecule has 1 aromatic rings. The van der Waals surface area contributed by atoms with Gasteiger partial charge in [-0.25, -0.2) is 13.2 Å². The smallest absolute Gasteiger partial charge is 0.342 e. The molecule has 0 saturated carbocycles. The van der Waals surface area contributed by atoms with Gasteiger partial charge >= 0.3 is 5.97 Å². The summed E-state index contributed by atoms with van der Waals surface area (Å²) in [5, 5.41) is 3.14. The van der Waals surface area contributed by atoms with Crippen molar-refractivity contribution in [1.82, 2.24) is 9.62 Å². The fourth-order valence-corrected chi connectivity index (χ4v) is 4.61. The number of ether oxygens (including phenoxy) is 1. The first-order chi connectivity index (χ1) is 9.80. The van der Waals surface area contributed by atoms with Crippen LogP contribution in [0.4, 0.5) is 0 Å². The topological polar surface area (TPSA) is 88.8 Å². The van der Waals surface area contributed by atoms with Crippen LogP contribution >= 0.6 is 12.4 Å². The van der Waals surface area contributed by atoms with E-state index in [1.807, 2.05) is 6.92 Å². The molecule has 1 atom stereocenters. The zero-order chi connectivity index (χ0) is 15.8. The van der Waals surface area contributed by atoms with Crippen LogP contribution in [0, 0.1) is 13.8 Å². The van der Waals surface area contributed by atoms with Crippen molar-refractivity contribution >= 4 is 28.4 Å². The van der Waals surface area contributed by atoms with Gasteiger partial charge in [0.15, 0.2) is 0 Å². The average Bonchev–Trinajstić information content (AvgIpc) is 2.73. The van der Waals surface area contributed by atoms with Crippen LogP contribution in [0.25, 0.3) is 0 Å². The molecule has 2 heterocycles. The van der Waals surface area contributed by atoms with Crippen molar-refractivity contribution < 1.29 is 22.4 Å². The molecule has 0 radical (unpaired) electrons. The normalized spacial score (nSPS) is 19.5. The summed E-state index contributed by atoms with van der Waals surface area (Å²) in [5.41, 5.74) is -0.0132. The van der Waals surface area contributed by atoms with Crippen LogP contribution in [0.2, 0.25) is 0 Å². The van der Waals surface area contributed by atoms with Crippen LogP contribution in [-0.4, -0.2) is 51.5 Å². The Labute approximate surface area is 136 Å². The minimum atomic E-state index is -3.81. The molecule has 22 heavy (non-hydrogen) atoms. The molecule has 1 fully saturated rings. The Morgan fingerprint density at radius 3 is 2.55 bits per heavy atom. The third-order valence-corrected chi connectivity index (χ3v) is 5.77. The van der Waals surface area contributed by atoms with Gasteiger partial charge in [0.25, 0.3) is 0 Å². The van der Waals surface area contributed by atoms with Crippen molar-refractivity contribution in [3.05, 3.63) is 17.1 Å². The van der Waals surface area contributed by atoms with Crippen LogP contribution in [0.1, 0.15) is 28.8 Å². The second-order valence-electron chi connectivity index (χ2n) is 5.08. The van der Waals surface area contributed by atoms with Crippen LogP contribution in [0.5, 0.6) is 0 Å². The van der Waals surface area contributed by atoms with Crippen molar-refractivity contribution in [3.63, 3.8) is 0 Å². The predicted molar refractivity (Wildman–Crippen MR) is 83.0 cm³/mol. The number of carbonyl (C=O) groups excluding carboxylic acids is 1. The highest BCUT2D eigenvalue weighted by Gasteiger charge is 2.38. The molecule has 1 aliphatic rings. The van der Waals surface area contributed by atoms with E-state index < -0.39 is 16.0 Å². The molecule has 7 nitrogen and oxygen atoms in total. The van der Waals surface area contributed by atoms with Gasteiger partial charge in [-0.05, 0) is 20.8 Å². The number of carbonyl (C=O) groups is 1. The van der Waals surface area contributed by atoms with Crippen molar-refractivity contribution in [2.24, 2.45) is 0 Å². The molecule has 0 aliphatic carbocycles. The minimum Gasteiger partial charge on any atom is -0.465 e. The number of hydrogen-bond donors (Lipinski definition) is 1. The highest BCUT2D eigenvalue weighted by atomic mass is 35.5.